The van der Waals surface area contributed by atoms with E-state index in [1.54, 1.807) is 12.2 Å². The van der Waals surface area contributed by atoms with Gasteiger partial charge in [-0.25, -0.2) is 0 Å². The summed E-state index contributed by atoms with van der Waals surface area (Å²) in [5, 5.41) is 18.9. The minimum atomic E-state index is -1.70. The van der Waals surface area contributed by atoms with Gasteiger partial charge in [0.05, 0.1) is 6.61 Å². The number of hydrogen-bond acceptors (Lipinski definition) is 3. The summed E-state index contributed by atoms with van der Waals surface area (Å²) in [6, 6.07) is 0. The van der Waals surface area contributed by atoms with E-state index in [1.165, 1.54) is 12.2 Å². The average molecular weight is 212 g/mol. The fraction of sp³-hybridized carbons (Fsp3) is 0.545. The number of aliphatic hydroxyl groups is 1. The molecule has 0 saturated heterocycles. The molecule has 0 fully saturated rings. The molecule has 1 aliphatic rings. The van der Waals surface area contributed by atoms with Gasteiger partial charge in [-0.05, 0) is 12.5 Å². The monoisotopic (exact) mass is 212 g/mol. The number of allylic oxidation sites excluding steroid dienone is 2. The van der Waals surface area contributed by atoms with Crippen molar-refractivity contribution in [2.24, 2.45) is 5.92 Å². The summed E-state index contributed by atoms with van der Waals surface area (Å²) in [4.78, 5) is 10.9. The second-order valence-corrected chi connectivity index (χ2v) is 3.51. The third-order valence-electron chi connectivity index (χ3n) is 2.29. The highest BCUT2D eigenvalue weighted by molar-refractivity contribution is 5.74. The van der Waals surface area contributed by atoms with Gasteiger partial charge in [-0.2, -0.15) is 0 Å². The first-order valence-corrected chi connectivity index (χ1v) is 5.05. The van der Waals surface area contributed by atoms with Crippen LogP contribution in [0.4, 0.5) is 0 Å². The minimum absolute atomic E-state index is 0.356. The maximum Gasteiger partial charge on any atom is 0.316 e. The molecule has 2 N–H and O–H groups in total. The predicted molar refractivity (Wildman–Crippen MR) is 55.2 cm³/mol. The zero-order chi connectivity index (χ0) is 11.3. The van der Waals surface area contributed by atoms with Crippen molar-refractivity contribution >= 4 is 5.97 Å². The van der Waals surface area contributed by atoms with E-state index in [2.05, 4.69) is 0 Å². The molecule has 15 heavy (non-hydrogen) atoms. The zero-order valence-corrected chi connectivity index (χ0v) is 8.72. The van der Waals surface area contributed by atoms with Crippen molar-refractivity contribution < 1.29 is 19.7 Å². The maximum absolute atomic E-state index is 10.9. The van der Waals surface area contributed by atoms with E-state index in [9.17, 15) is 9.90 Å². The molecule has 4 nitrogen and oxygen atoms in total. The van der Waals surface area contributed by atoms with Gasteiger partial charge in [-0.15, -0.1) is 0 Å². The lowest BCUT2D eigenvalue weighted by atomic mass is 9.94. The van der Waals surface area contributed by atoms with E-state index >= 15 is 0 Å². The van der Waals surface area contributed by atoms with Gasteiger partial charge in [-0.1, -0.05) is 31.6 Å². The zero-order valence-electron chi connectivity index (χ0n) is 8.72. The van der Waals surface area contributed by atoms with Gasteiger partial charge < -0.3 is 14.9 Å². The van der Waals surface area contributed by atoms with Crippen LogP contribution in [0.1, 0.15) is 19.8 Å². The Hall–Kier alpha value is -1.13. The quantitative estimate of drug-likeness (QED) is 0.532. The molecule has 0 heterocycles. The fourth-order valence-corrected chi connectivity index (χ4v) is 1.39. The Balaban J connectivity index is 2.66. The first-order chi connectivity index (χ1) is 7.10. The lowest BCUT2D eigenvalue weighted by molar-refractivity contribution is -0.202. The van der Waals surface area contributed by atoms with Crippen molar-refractivity contribution in [2.75, 3.05) is 6.61 Å². The Bertz CT molecular complexity index is 282. The smallest absolute Gasteiger partial charge is 0.316 e. The molecule has 1 rings (SSSR count). The Labute approximate surface area is 88.9 Å². The van der Waals surface area contributed by atoms with Crippen LogP contribution < -0.4 is 0 Å². The number of carboxylic acids is 1. The molecule has 0 aliphatic heterocycles. The van der Waals surface area contributed by atoms with Crippen molar-refractivity contribution in [1.29, 1.82) is 0 Å². The van der Waals surface area contributed by atoms with Gasteiger partial charge >= 0.3 is 5.97 Å². The van der Waals surface area contributed by atoms with Crippen molar-refractivity contribution in [3.8, 4) is 0 Å². The number of rotatable bonds is 5. The Morgan fingerprint density at radius 2 is 2.27 bits per heavy atom. The van der Waals surface area contributed by atoms with E-state index < -0.39 is 17.7 Å². The summed E-state index contributed by atoms with van der Waals surface area (Å²) in [5.74, 6) is -3.82. The van der Waals surface area contributed by atoms with Gasteiger partial charge in [0.2, 0.25) is 5.79 Å². The maximum atomic E-state index is 10.9. The largest absolute Gasteiger partial charge is 0.481 e. The molecule has 4 heteroatoms. The topological polar surface area (TPSA) is 66.8 Å². The minimum Gasteiger partial charge on any atom is -0.481 e. The molecule has 0 aromatic heterocycles. The highest BCUT2D eigenvalue weighted by Crippen LogP contribution is 2.26. The molecular formula is C11H16O4. The third kappa shape index (κ3) is 2.91. The molecule has 2 unspecified atom stereocenters. The van der Waals surface area contributed by atoms with Crippen LogP contribution in [0.15, 0.2) is 24.3 Å². The van der Waals surface area contributed by atoms with E-state index in [-0.39, 0.29) is 0 Å². The average Bonchev–Trinajstić information content (AvgIpc) is 2.18. The third-order valence-corrected chi connectivity index (χ3v) is 2.29. The number of carbonyl (C=O) groups is 1. The number of unbranched alkanes of at least 4 members (excludes halogenated alkanes) is 1. The van der Waals surface area contributed by atoms with Crippen LogP contribution >= 0.6 is 0 Å². The molecule has 0 spiro atoms. The van der Waals surface area contributed by atoms with Crippen LogP contribution in [0.5, 0.6) is 0 Å². The van der Waals surface area contributed by atoms with Crippen LogP contribution in [0.3, 0.4) is 0 Å². The van der Waals surface area contributed by atoms with Gasteiger partial charge in [-0.3, -0.25) is 4.79 Å². The lowest BCUT2D eigenvalue weighted by Crippen LogP contribution is -2.43. The number of aliphatic carboxylic acids is 1. The van der Waals surface area contributed by atoms with Gasteiger partial charge in [0, 0.05) is 0 Å². The first-order valence-electron chi connectivity index (χ1n) is 5.05. The van der Waals surface area contributed by atoms with Crippen molar-refractivity contribution in [1.82, 2.24) is 0 Å². The van der Waals surface area contributed by atoms with Crippen LogP contribution in [0.25, 0.3) is 0 Å². The molecule has 0 aromatic carbocycles. The van der Waals surface area contributed by atoms with E-state index in [0.717, 1.165) is 12.8 Å². The fourth-order valence-electron chi connectivity index (χ4n) is 1.39. The number of hydrogen-bond donors (Lipinski definition) is 2. The van der Waals surface area contributed by atoms with Crippen LogP contribution in [-0.4, -0.2) is 28.6 Å². The van der Waals surface area contributed by atoms with Crippen LogP contribution in [0, 0.1) is 5.92 Å². The predicted octanol–water partition coefficient (Wildman–Crippen LogP) is 1.32. The van der Waals surface area contributed by atoms with Crippen molar-refractivity contribution in [3.63, 3.8) is 0 Å². The van der Waals surface area contributed by atoms with Crippen molar-refractivity contribution in [3.05, 3.63) is 24.3 Å². The summed E-state index contributed by atoms with van der Waals surface area (Å²) in [6.07, 6.45) is 7.72. The molecule has 84 valence electrons. The molecular weight excluding hydrogens is 196 g/mol. The van der Waals surface area contributed by atoms with Crippen LogP contribution in [-0.2, 0) is 9.53 Å². The highest BCUT2D eigenvalue weighted by atomic mass is 16.6. The molecule has 0 bridgehead atoms. The Morgan fingerprint density at radius 1 is 1.53 bits per heavy atom. The number of carboxylic acid groups (broad SMARTS) is 1. The lowest BCUT2D eigenvalue weighted by Gasteiger charge is -2.30. The highest BCUT2D eigenvalue weighted by Gasteiger charge is 2.40. The van der Waals surface area contributed by atoms with Gasteiger partial charge in [0.25, 0.3) is 0 Å². The van der Waals surface area contributed by atoms with Crippen LogP contribution in [0.2, 0.25) is 0 Å². The first kappa shape index (κ1) is 11.9. The van der Waals surface area contributed by atoms with Gasteiger partial charge in [0.15, 0.2) is 0 Å². The second kappa shape index (κ2) is 5.09. The second-order valence-electron chi connectivity index (χ2n) is 3.51. The van der Waals surface area contributed by atoms with Crippen molar-refractivity contribution in [2.45, 2.75) is 25.6 Å². The standard InChI is InChI=1S/C11H16O4/c1-2-3-8-15-11(14)7-5-4-6-9(11)10(12)13/h4-7,9,14H,2-3,8H2,1H3,(H,12,13). The van der Waals surface area contributed by atoms with E-state index in [4.69, 9.17) is 9.84 Å². The van der Waals surface area contributed by atoms with E-state index in [1.807, 2.05) is 6.92 Å². The molecule has 0 radical (unpaired) electrons. The molecule has 0 aromatic rings. The Morgan fingerprint density at radius 3 is 2.87 bits per heavy atom. The number of ether oxygens (including phenoxy) is 1. The summed E-state index contributed by atoms with van der Waals surface area (Å²) in [6.45, 7) is 2.35. The normalized spacial score (nSPS) is 29.3. The molecule has 0 amide bonds. The molecule has 1 aliphatic carbocycles. The molecule has 0 saturated carbocycles. The summed E-state index contributed by atoms with van der Waals surface area (Å²) in [5.41, 5.74) is 0. The summed E-state index contributed by atoms with van der Waals surface area (Å²) in [7, 11) is 0. The van der Waals surface area contributed by atoms with Gasteiger partial charge in [0.1, 0.15) is 5.92 Å². The molecule has 2 atom stereocenters. The van der Waals surface area contributed by atoms with E-state index in [0.29, 0.717) is 6.61 Å². The SMILES string of the molecule is CCCCOC1(O)C=CC=CC1C(=O)O. The summed E-state index contributed by atoms with van der Waals surface area (Å²) < 4.78 is 5.22. The Kier molecular flexibility index (Phi) is 4.05. The summed E-state index contributed by atoms with van der Waals surface area (Å²) >= 11 is 0.